The Morgan fingerprint density at radius 2 is 2.21 bits per heavy atom. The van der Waals surface area contributed by atoms with E-state index in [4.69, 9.17) is 4.42 Å². The first-order valence-corrected chi connectivity index (χ1v) is 9.74. The zero-order valence-electron chi connectivity index (χ0n) is 15.1. The predicted molar refractivity (Wildman–Crippen MR) is 103 cm³/mol. The summed E-state index contributed by atoms with van der Waals surface area (Å²) in [4.78, 5) is 24.9. The summed E-state index contributed by atoms with van der Waals surface area (Å²) in [6.07, 6.45) is 2.19. The van der Waals surface area contributed by atoms with Crippen molar-refractivity contribution < 1.29 is 14.1 Å². The highest BCUT2D eigenvalue weighted by Crippen LogP contribution is 2.32. The normalized spacial score (nSPS) is 13.0. The molecule has 0 spiro atoms. The van der Waals surface area contributed by atoms with Gasteiger partial charge in [0.05, 0.1) is 16.9 Å². The number of aromatic nitrogens is 3. The highest BCUT2D eigenvalue weighted by Gasteiger charge is 2.27. The summed E-state index contributed by atoms with van der Waals surface area (Å²) in [7, 11) is 0. The van der Waals surface area contributed by atoms with Gasteiger partial charge in [0.2, 0.25) is 5.91 Å². The van der Waals surface area contributed by atoms with E-state index in [2.05, 4.69) is 10.2 Å². The fourth-order valence-electron chi connectivity index (χ4n) is 3.23. The molecule has 2 aromatic heterocycles. The number of amides is 1. The number of fused-ring (bicyclic) bond motifs is 1. The van der Waals surface area contributed by atoms with Gasteiger partial charge in [0, 0.05) is 30.9 Å². The Morgan fingerprint density at radius 1 is 1.36 bits per heavy atom. The molecule has 1 aromatic carbocycles. The number of anilines is 1. The minimum absolute atomic E-state index is 0.0453. The first-order valence-electron chi connectivity index (χ1n) is 8.76. The number of furan rings is 1. The number of thioether (sulfide) groups is 1. The van der Waals surface area contributed by atoms with Crippen LogP contribution in [-0.2, 0) is 17.8 Å². The SMILES string of the molecule is CCn1c(SCC(=O)N2CCc3cc([N+](=O)[O-])ccc32)nnc1-c1ccco1. The number of benzene rings is 1. The predicted octanol–water partition coefficient (Wildman–Crippen LogP) is 3.15. The molecule has 0 radical (unpaired) electrons. The average molecular weight is 399 g/mol. The van der Waals surface area contributed by atoms with Crippen molar-refractivity contribution in [2.24, 2.45) is 0 Å². The van der Waals surface area contributed by atoms with Gasteiger partial charge in [-0.15, -0.1) is 10.2 Å². The van der Waals surface area contributed by atoms with Crippen LogP contribution in [0, 0.1) is 10.1 Å². The van der Waals surface area contributed by atoms with Gasteiger partial charge in [0.1, 0.15) is 0 Å². The zero-order valence-corrected chi connectivity index (χ0v) is 15.9. The van der Waals surface area contributed by atoms with Crippen LogP contribution in [-0.4, -0.2) is 37.9 Å². The van der Waals surface area contributed by atoms with Crippen LogP contribution in [0.2, 0.25) is 0 Å². The van der Waals surface area contributed by atoms with E-state index in [1.54, 1.807) is 29.4 Å². The fraction of sp³-hybridized carbons (Fsp3) is 0.278. The van der Waals surface area contributed by atoms with Crippen LogP contribution in [0.3, 0.4) is 0 Å². The van der Waals surface area contributed by atoms with Crippen molar-refractivity contribution in [3.05, 3.63) is 52.3 Å². The van der Waals surface area contributed by atoms with E-state index in [1.165, 1.54) is 17.8 Å². The lowest BCUT2D eigenvalue weighted by Crippen LogP contribution is -2.30. The summed E-state index contributed by atoms with van der Waals surface area (Å²) in [6.45, 7) is 3.15. The standard InChI is InChI=1S/C18H17N5O4S/c1-2-21-17(15-4-3-9-27-15)19-20-18(21)28-11-16(24)22-8-7-12-10-13(23(25)26)5-6-14(12)22/h3-6,9-10H,2,7-8,11H2,1H3. The molecule has 0 saturated carbocycles. The van der Waals surface area contributed by atoms with E-state index in [0.717, 1.165) is 11.3 Å². The molecule has 28 heavy (non-hydrogen) atoms. The number of hydrogen-bond donors (Lipinski definition) is 0. The maximum atomic E-state index is 12.7. The number of nitro groups is 1. The van der Waals surface area contributed by atoms with Crippen LogP contribution >= 0.6 is 11.8 Å². The molecule has 0 bridgehead atoms. The van der Waals surface area contributed by atoms with Crippen LogP contribution in [0.25, 0.3) is 11.6 Å². The molecule has 0 fully saturated rings. The van der Waals surface area contributed by atoms with E-state index in [0.29, 0.717) is 36.3 Å². The van der Waals surface area contributed by atoms with E-state index < -0.39 is 4.92 Å². The Bertz CT molecular complexity index is 1030. The molecule has 144 valence electrons. The third-order valence-corrected chi connectivity index (χ3v) is 5.52. The molecule has 0 N–H and O–H groups in total. The average Bonchev–Trinajstić information content (AvgIpc) is 3.43. The minimum atomic E-state index is -0.422. The second kappa shape index (κ2) is 7.47. The van der Waals surface area contributed by atoms with Crippen molar-refractivity contribution in [2.75, 3.05) is 17.2 Å². The van der Waals surface area contributed by atoms with Crippen LogP contribution in [0.1, 0.15) is 12.5 Å². The maximum absolute atomic E-state index is 12.7. The highest BCUT2D eigenvalue weighted by molar-refractivity contribution is 7.99. The first-order chi connectivity index (χ1) is 13.6. The number of non-ortho nitro benzene ring substituents is 1. The van der Waals surface area contributed by atoms with Gasteiger partial charge in [-0.3, -0.25) is 19.5 Å². The van der Waals surface area contributed by atoms with Crippen LogP contribution in [0.4, 0.5) is 11.4 Å². The van der Waals surface area contributed by atoms with Crippen molar-refractivity contribution in [1.82, 2.24) is 14.8 Å². The highest BCUT2D eigenvalue weighted by atomic mass is 32.2. The van der Waals surface area contributed by atoms with Crippen LogP contribution in [0.15, 0.2) is 46.2 Å². The van der Waals surface area contributed by atoms with Crippen molar-refractivity contribution in [3.63, 3.8) is 0 Å². The van der Waals surface area contributed by atoms with Gasteiger partial charge in [-0.1, -0.05) is 11.8 Å². The van der Waals surface area contributed by atoms with E-state index >= 15 is 0 Å². The number of carbonyl (C=O) groups excluding carboxylic acids is 1. The van der Waals surface area contributed by atoms with E-state index in [9.17, 15) is 14.9 Å². The molecule has 0 saturated heterocycles. The topological polar surface area (TPSA) is 107 Å². The molecule has 3 aromatic rings. The quantitative estimate of drug-likeness (QED) is 0.356. The van der Waals surface area contributed by atoms with Gasteiger partial charge in [-0.2, -0.15) is 0 Å². The molecule has 9 nitrogen and oxygen atoms in total. The van der Waals surface area contributed by atoms with Crippen molar-refractivity contribution >= 4 is 29.0 Å². The number of nitrogens with zero attached hydrogens (tertiary/aromatic N) is 5. The van der Waals surface area contributed by atoms with Crippen molar-refractivity contribution in [2.45, 2.75) is 25.0 Å². The molecule has 0 atom stereocenters. The lowest BCUT2D eigenvalue weighted by Gasteiger charge is -2.17. The lowest BCUT2D eigenvalue weighted by atomic mass is 10.1. The second-order valence-electron chi connectivity index (χ2n) is 6.18. The molecule has 1 amide bonds. The molecule has 10 heteroatoms. The summed E-state index contributed by atoms with van der Waals surface area (Å²) in [5, 5.41) is 19.9. The van der Waals surface area contributed by atoms with Gasteiger partial charge < -0.3 is 9.32 Å². The molecule has 3 heterocycles. The molecule has 4 rings (SSSR count). The summed E-state index contributed by atoms with van der Waals surface area (Å²) in [5.41, 5.74) is 1.61. The monoisotopic (exact) mass is 399 g/mol. The number of rotatable bonds is 6. The molecule has 0 unspecified atom stereocenters. The Balaban J connectivity index is 1.47. The molecule has 1 aliphatic heterocycles. The van der Waals surface area contributed by atoms with Crippen molar-refractivity contribution in [1.29, 1.82) is 0 Å². The second-order valence-corrected chi connectivity index (χ2v) is 7.12. The summed E-state index contributed by atoms with van der Waals surface area (Å²) in [6, 6.07) is 8.22. The number of hydrogen-bond acceptors (Lipinski definition) is 7. The number of nitro benzene ring substituents is 1. The molecule has 1 aliphatic rings. The third-order valence-electron chi connectivity index (χ3n) is 4.57. The van der Waals surface area contributed by atoms with Gasteiger partial charge in [0.15, 0.2) is 16.7 Å². The first kappa shape index (κ1) is 18.2. The van der Waals surface area contributed by atoms with Crippen molar-refractivity contribution in [3.8, 4) is 11.6 Å². The Labute approximate surface area is 164 Å². The summed E-state index contributed by atoms with van der Waals surface area (Å²) >= 11 is 1.32. The van der Waals surface area contributed by atoms with Crippen LogP contribution in [0.5, 0.6) is 0 Å². The molecule has 0 aliphatic carbocycles. The third kappa shape index (κ3) is 3.26. The summed E-state index contributed by atoms with van der Waals surface area (Å²) < 4.78 is 7.29. The number of carbonyl (C=O) groups is 1. The Hall–Kier alpha value is -3.14. The van der Waals surface area contributed by atoms with Gasteiger partial charge in [-0.25, -0.2) is 0 Å². The Morgan fingerprint density at radius 3 is 2.93 bits per heavy atom. The fourth-order valence-corrected chi connectivity index (χ4v) is 4.11. The zero-order chi connectivity index (χ0) is 19.7. The van der Waals surface area contributed by atoms with Gasteiger partial charge in [0.25, 0.3) is 5.69 Å². The summed E-state index contributed by atoms with van der Waals surface area (Å²) in [5.74, 6) is 1.39. The Kier molecular flexibility index (Phi) is 4.86. The smallest absolute Gasteiger partial charge is 0.269 e. The van der Waals surface area contributed by atoms with Crippen LogP contribution < -0.4 is 4.90 Å². The molecular weight excluding hydrogens is 382 g/mol. The molecular formula is C18H17N5O4S. The lowest BCUT2D eigenvalue weighted by molar-refractivity contribution is -0.384. The minimum Gasteiger partial charge on any atom is -0.461 e. The largest absolute Gasteiger partial charge is 0.461 e. The maximum Gasteiger partial charge on any atom is 0.269 e. The van der Waals surface area contributed by atoms with E-state index in [1.807, 2.05) is 17.6 Å². The van der Waals surface area contributed by atoms with Gasteiger partial charge in [-0.05, 0) is 37.1 Å². The van der Waals surface area contributed by atoms with E-state index in [-0.39, 0.29) is 17.3 Å². The van der Waals surface area contributed by atoms with Gasteiger partial charge >= 0.3 is 0 Å².